The van der Waals surface area contributed by atoms with E-state index in [1.807, 2.05) is 0 Å². The average molecular weight is 567 g/mol. The lowest BCUT2D eigenvalue weighted by Gasteiger charge is -2.24. The van der Waals surface area contributed by atoms with Gasteiger partial charge in [0.25, 0.3) is 5.91 Å². The summed E-state index contributed by atoms with van der Waals surface area (Å²) in [7, 11) is 4.60. The maximum absolute atomic E-state index is 14.2. The van der Waals surface area contributed by atoms with Gasteiger partial charge >= 0.3 is 12.1 Å². The Kier molecular flexibility index (Phi) is 8.48. The molecule has 11 heteroatoms. The molecule has 4 rings (SSSR count). The minimum Gasteiger partial charge on any atom is -0.462 e. The Bertz CT molecular complexity index is 1520. The molecule has 0 bridgehead atoms. The van der Waals surface area contributed by atoms with Crippen LogP contribution in [0.2, 0.25) is 0 Å². The van der Waals surface area contributed by atoms with Crippen molar-refractivity contribution in [3.8, 4) is 0 Å². The van der Waals surface area contributed by atoms with Crippen LogP contribution in [0.4, 0.5) is 30.2 Å². The maximum Gasteiger partial charge on any atom is 0.418 e. The van der Waals surface area contributed by atoms with Crippen LogP contribution in [0.5, 0.6) is 0 Å². The van der Waals surface area contributed by atoms with Crippen molar-refractivity contribution >= 4 is 46.1 Å². The molecule has 0 saturated carbocycles. The van der Waals surface area contributed by atoms with Crippen LogP contribution in [0, 0.1) is 0 Å². The molecule has 0 aliphatic carbocycles. The van der Waals surface area contributed by atoms with Gasteiger partial charge in [-0.15, -0.1) is 0 Å². The Morgan fingerprint density at radius 2 is 1.66 bits per heavy atom. The number of nitrogens with zero attached hydrogens (tertiary/aromatic N) is 2. The van der Waals surface area contributed by atoms with Gasteiger partial charge in [-0.25, -0.2) is 4.79 Å². The highest BCUT2D eigenvalue weighted by Crippen LogP contribution is 2.41. The first kappa shape index (κ1) is 29.3. The largest absolute Gasteiger partial charge is 0.462 e. The summed E-state index contributed by atoms with van der Waals surface area (Å²) in [4.78, 5) is 40.5. The van der Waals surface area contributed by atoms with Crippen LogP contribution in [0.25, 0.3) is 11.3 Å². The Labute approximate surface area is 235 Å². The van der Waals surface area contributed by atoms with Gasteiger partial charge in [-0.3, -0.25) is 9.59 Å². The number of fused-ring (bicyclic) bond motifs is 1. The molecule has 0 atom stereocenters. The standard InChI is InChI=1S/C30H29F3N4O4/c1-5-41-29(40)19-11-13-21-23(15-19)35-28(39)26(21)27(18-9-7-6-8-10-18)34-20-12-14-24(22(16-20)30(31,32)33)37(4)25(38)17-36(2)3/h6-16,34H,5,17H2,1-4H3,(H,35,39)/b27-26+. The molecule has 1 aliphatic heterocycles. The number of amides is 2. The molecule has 1 heterocycles. The predicted octanol–water partition coefficient (Wildman–Crippen LogP) is 5.34. The molecular weight excluding hydrogens is 537 g/mol. The van der Waals surface area contributed by atoms with Gasteiger partial charge in [-0.05, 0) is 56.9 Å². The molecule has 0 unspecified atom stereocenters. The van der Waals surface area contributed by atoms with Crippen molar-refractivity contribution in [2.24, 2.45) is 0 Å². The Hall–Kier alpha value is -4.64. The summed E-state index contributed by atoms with van der Waals surface area (Å²) in [5.74, 6) is -1.54. The number of rotatable bonds is 8. The first-order valence-corrected chi connectivity index (χ1v) is 12.7. The van der Waals surface area contributed by atoms with E-state index in [0.717, 1.165) is 11.0 Å². The van der Waals surface area contributed by atoms with Gasteiger partial charge < -0.3 is 25.2 Å². The number of carbonyl (C=O) groups is 3. The SMILES string of the molecule is CCOC(=O)c1ccc2c(c1)NC(=O)/C2=C(/Nc1ccc(N(C)C(=O)CN(C)C)c(C(F)(F)F)c1)c1ccccc1. The van der Waals surface area contributed by atoms with E-state index in [1.165, 1.54) is 31.3 Å². The zero-order chi connectivity index (χ0) is 29.9. The number of anilines is 3. The molecule has 3 aromatic rings. The van der Waals surface area contributed by atoms with E-state index in [4.69, 9.17) is 4.74 Å². The highest BCUT2D eigenvalue weighted by atomic mass is 19.4. The van der Waals surface area contributed by atoms with Crippen LogP contribution in [0.3, 0.4) is 0 Å². The summed E-state index contributed by atoms with van der Waals surface area (Å²) in [5.41, 5.74) is 0.861. The van der Waals surface area contributed by atoms with Crippen molar-refractivity contribution < 1.29 is 32.3 Å². The van der Waals surface area contributed by atoms with Crippen molar-refractivity contribution in [2.45, 2.75) is 13.1 Å². The van der Waals surface area contributed by atoms with Gasteiger partial charge in [0.1, 0.15) is 0 Å². The van der Waals surface area contributed by atoms with Crippen molar-refractivity contribution in [3.63, 3.8) is 0 Å². The van der Waals surface area contributed by atoms with Gasteiger partial charge in [0, 0.05) is 18.3 Å². The summed E-state index contributed by atoms with van der Waals surface area (Å²) in [6.07, 6.45) is -4.76. The average Bonchev–Trinajstić information content (AvgIpc) is 3.25. The molecule has 8 nitrogen and oxygen atoms in total. The number of alkyl halides is 3. The maximum atomic E-state index is 14.2. The fourth-order valence-electron chi connectivity index (χ4n) is 4.43. The summed E-state index contributed by atoms with van der Waals surface area (Å²) in [5, 5.41) is 5.76. The molecule has 0 saturated heterocycles. The number of likely N-dealkylation sites (N-methyl/N-ethyl adjacent to an activating group) is 2. The summed E-state index contributed by atoms with van der Waals surface area (Å²) < 4.78 is 47.6. The lowest BCUT2D eigenvalue weighted by Crippen LogP contribution is -2.36. The van der Waals surface area contributed by atoms with Crippen LogP contribution in [-0.2, 0) is 20.5 Å². The molecule has 2 N–H and O–H groups in total. The Morgan fingerprint density at radius 3 is 2.29 bits per heavy atom. The quantitative estimate of drug-likeness (QED) is 0.283. The number of carbonyl (C=O) groups excluding carboxylic acids is 3. The monoisotopic (exact) mass is 566 g/mol. The first-order chi connectivity index (χ1) is 19.4. The fraction of sp³-hybridized carbons (Fsp3) is 0.233. The van der Waals surface area contributed by atoms with E-state index in [0.29, 0.717) is 16.8 Å². The van der Waals surface area contributed by atoms with E-state index >= 15 is 0 Å². The number of benzene rings is 3. The van der Waals surface area contributed by atoms with Gasteiger partial charge in [-0.1, -0.05) is 36.4 Å². The fourth-order valence-corrected chi connectivity index (χ4v) is 4.43. The van der Waals surface area contributed by atoms with Crippen molar-refractivity contribution in [3.05, 3.63) is 89.0 Å². The lowest BCUT2D eigenvalue weighted by atomic mass is 9.98. The molecule has 0 spiro atoms. The predicted molar refractivity (Wildman–Crippen MR) is 151 cm³/mol. The number of esters is 1. The molecule has 41 heavy (non-hydrogen) atoms. The van der Waals surface area contributed by atoms with Gasteiger partial charge in [0.2, 0.25) is 5.91 Å². The first-order valence-electron chi connectivity index (χ1n) is 12.7. The molecule has 2 amide bonds. The normalized spacial score (nSPS) is 13.9. The van der Waals surface area contributed by atoms with Crippen LogP contribution in [-0.4, -0.2) is 57.0 Å². The topological polar surface area (TPSA) is 91.0 Å². The third-order valence-corrected chi connectivity index (χ3v) is 6.35. The number of nitrogens with one attached hydrogen (secondary N) is 2. The van der Waals surface area contributed by atoms with Gasteiger partial charge in [-0.2, -0.15) is 13.2 Å². The van der Waals surface area contributed by atoms with Crippen LogP contribution in [0.1, 0.15) is 34.0 Å². The smallest absolute Gasteiger partial charge is 0.418 e. The number of hydrogen-bond donors (Lipinski definition) is 2. The van der Waals surface area contributed by atoms with E-state index in [9.17, 15) is 27.6 Å². The summed E-state index contributed by atoms with van der Waals surface area (Å²) in [6, 6.07) is 16.9. The minimum atomic E-state index is -4.76. The van der Waals surface area contributed by atoms with E-state index in [1.54, 1.807) is 62.3 Å². The van der Waals surface area contributed by atoms with Gasteiger partial charge in [0.05, 0.1) is 46.9 Å². The zero-order valence-electron chi connectivity index (χ0n) is 22.9. The van der Waals surface area contributed by atoms with Crippen molar-refractivity contribution in [2.75, 3.05) is 49.8 Å². The molecule has 1 aliphatic rings. The van der Waals surface area contributed by atoms with Gasteiger partial charge in [0.15, 0.2) is 0 Å². The van der Waals surface area contributed by atoms with Crippen molar-refractivity contribution in [1.82, 2.24) is 4.90 Å². The summed E-state index contributed by atoms with van der Waals surface area (Å²) >= 11 is 0. The Balaban J connectivity index is 1.82. The summed E-state index contributed by atoms with van der Waals surface area (Å²) in [6.45, 7) is 1.81. The van der Waals surface area contributed by atoms with E-state index in [-0.39, 0.29) is 41.4 Å². The highest BCUT2D eigenvalue weighted by Gasteiger charge is 2.36. The van der Waals surface area contributed by atoms with E-state index < -0.39 is 29.5 Å². The molecule has 0 radical (unpaired) electrons. The second kappa shape index (κ2) is 11.8. The lowest BCUT2D eigenvalue weighted by molar-refractivity contribution is -0.137. The van der Waals surface area contributed by atoms with Crippen LogP contribution < -0.4 is 15.5 Å². The highest BCUT2D eigenvalue weighted by molar-refractivity contribution is 6.37. The van der Waals surface area contributed by atoms with Crippen molar-refractivity contribution in [1.29, 1.82) is 0 Å². The number of hydrogen-bond acceptors (Lipinski definition) is 6. The number of ether oxygens (including phenoxy) is 1. The van der Waals surface area contributed by atoms with E-state index in [2.05, 4.69) is 10.6 Å². The number of halogens is 3. The zero-order valence-corrected chi connectivity index (χ0v) is 22.9. The third kappa shape index (κ3) is 6.41. The molecule has 3 aromatic carbocycles. The molecule has 0 fully saturated rings. The van der Waals surface area contributed by atoms with Crippen LogP contribution >= 0.6 is 0 Å². The Morgan fingerprint density at radius 1 is 0.951 bits per heavy atom. The molecule has 214 valence electrons. The molecular formula is C30H29F3N4O4. The molecule has 0 aromatic heterocycles. The second-order valence-corrected chi connectivity index (χ2v) is 9.60. The van der Waals surface area contributed by atoms with Crippen LogP contribution in [0.15, 0.2) is 66.7 Å². The minimum absolute atomic E-state index is 0.0604. The third-order valence-electron chi connectivity index (χ3n) is 6.35. The second-order valence-electron chi connectivity index (χ2n) is 9.60.